The lowest BCUT2D eigenvalue weighted by atomic mass is 10.1. The molecule has 6 nitrogen and oxygen atoms in total. The van der Waals surface area contributed by atoms with Crippen LogP contribution in [-0.4, -0.2) is 51.0 Å². The molecule has 2 aromatic rings. The molecule has 2 unspecified atom stereocenters. The molecule has 124 valence electrons. The van der Waals surface area contributed by atoms with Crippen LogP contribution in [0.25, 0.3) is 5.69 Å². The molecule has 0 bridgehead atoms. The zero-order valence-electron chi connectivity index (χ0n) is 13.6. The van der Waals surface area contributed by atoms with Gasteiger partial charge in [-0.3, -0.25) is 4.79 Å². The van der Waals surface area contributed by atoms with Gasteiger partial charge in [-0.2, -0.15) is 0 Å². The standard InChI is InChI=1S/C16H21N5O.ClH/c1-11-5-4-6-14(9-11)21-10-15(18-19-21)16(22)20-8-7-17-12(2)13(20)3;/h4-6,9-10,12-13,17H,7-8H2,1-3H3;1H. The van der Waals surface area contributed by atoms with Crippen molar-refractivity contribution in [2.75, 3.05) is 13.1 Å². The summed E-state index contributed by atoms with van der Waals surface area (Å²) in [4.78, 5) is 14.5. The van der Waals surface area contributed by atoms with Crippen molar-refractivity contribution in [1.29, 1.82) is 0 Å². The summed E-state index contributed by atoms with van der Waals surface area (Å²) in [5, 5.41) is 11.5. The van der Waals surface area contributed by atoms with Crippen LogP contribution in [-0.2, 0) is 0 Å². The number of carbonyl (C=O) groups is 1. The molecular weight excluding hydrogens is 314 g/mol. The van der Waals surface area contributed by atoms with Crippen molar-refractivity contribution in [2.45, 2.75) is 32.9 Å². The minimum absolute atomic E-state index is 0. The molecule has 1 amide bonds. The molecule has 2 heterocycles. The fourth-order valence-corrected chi connectivity index (χ4v) is 2.75. The number of amides is 1. The highest BCUT2D eigenvalue weighted by molar-refractivity contribution is 5.92. The quantitative estimate of drug-likeness (QED) is 0.909. The fraction of sp³-hybridized carbons (Fsp3) is 0.438. The Morgan fingerprint density at radius 2 is 2.13 bits per heavy atom. The number of carbonyl (C=O) groups excluding carboxylic acids is 1. The Labute approximate surface area is 142 Å². The van der Waals surface area contributed by atoms with Crippen LogP contribution < -0.4 is 5.32 Å². The molecule has 1 aliphatic heterocycles. The molecule has 23 heavy (non-hydrogen) atoms. The summed E-state index contributed by atoms with van der Waals surface area (Å²) >= 11 is 0. The van der Waals surface area contributed by atoms with Crippen molar-refractivity contribution < 1.29 is 4.79 Å². The topological polar surface area (TPSA) is 63.1 Å². The third kappa shape index (κ3) is 3.54. The maximum absolute atomic E-state index is 12.6. The smallest absolute Gasteiger partial charge is 0.276 e. The number of benzene rings is 1. The molecule has 1 saturated heterocycles. The maximum Gasteiger partial charge on any atom is 0.276 e. The molecule has 0 aliphatic carbocycles. The van der Waals surface area contributed by atoms with Gasteiger partial charge in [0.2, 0.25) is 0 Å². The number of piperazine rings is 1. The van der Waals surface area contributed by atoms with Gasteiger partial charge in [0.1, 0.15) is 0 Å². The number of halogens is 1. The summed E-state index contributed by atoms with van der Waals surface area (Å²) in [6.07, 6.45) is 1.70. The van der Waals surface area contributed by atoms with Crippen LogP contribution in [0.2, 0.25) is 0 Å². The fourth-order valence-electron chi connectivity index (χ4n) is 2.75. The van der Waals surface area contributed by atoms with Gasteiger partial charge in [0.05, 0.1) is 11.9 Å². The van der Waals surface area contributed by atoms with Gasteiger partial charge >= 0.3 is 0 Å². The van der Waals surface area contributed by atoms with Gasteiger partial charge in [-0.1, -0.05) is 17.3 Å². The van der Waals surface area contributed by atoms with Crippen molar-refractivity contribution in [3.8, 4) is 5.69 Å². The lowest BCUT2D eigenvalue weighted by Crippen LogP contribution is -2.57. The first-order valence-corrected chi connectivity index (χ1v) is 7.60. The Hall–Kier alpha value is -1.92. The van der Waals surface area contributed by atoms with Gasteiger partial charge in [0, 0.05) is 25.2 Å². The Kier molecular flexibility index (Phi) is 5.38. The first-order valence-electron chi connectivity index (χ1n) is 7.60. The van der Waals surface area contributed by atoms with E-state index in [0.717, 1.165) is 17.8 Å². The van der Waals surface area contributed by atoms with Crippen molar-refractivity contribution in [3.05, 3.63) is 41.7 Å². The van der Waals surface area contributed by atoms with Crippen LogP contribution in [0, 0.1) is 6.92 Å². The van der Waals surface area contributed by atoms with Gasteiger partial charge < -0.3 is 10.2 Å². The van der Waals surface area contributed by atoms with Gasteiger partial charge in [-0.05, 0) is 38.5 Å². The van der Waals surface area contributed by atoms with E-state index >= 15 is 0 Å². The van der Waals surface area contributed by atoms with E-state index in [1.54, 1.807) is 10.9 Å². The van der Waals surface area contributed by atoms with Gasteiger partial charge in [-0.15, -0.1) is 17.5 Å². The summed E-state index contributed by atoms with van der Waals surface area (Å²) in [6.45, 7) is 7.68. The molecule has 1 aromatic heterocycles. The second-order valence-electron chi connectivity index (χ2n) is 5.87. The lowest BCUT2D eigenvalue weighted by molar-refractivity contribution is 0.0597. The summed E-state index contributed by atoms with van der Waals surface area (Å²) < 4.78 is 1.65. The molecule has 1 N–H and O–H groups in total. The molecule has 1 aromatic carbocycles. The minimum Gasteiger partial charge on any atom is -0.332 e. The third-order valence-corrected chi connectivity index (χ3v) is 4.27. The third-order valence-electron chi connectivity index (χ3n) is 4.27. The SMILES string of the molecule is Cc1cccc(-n2cc(C(=O)N3CCNC(C)C3C)nn2)c1.Cl. The van der Waals surface area contributed by atoms with Gasteiger partial charge in [0.25, 0.3) is 5.91 Å². The molecule has 2 atom stereocenters. The number of hydrogen-bond donors (Lipinski definition) is 1. The lowest BCUT2D eigenvalue weighted by Gasteiger charge is -2.38. The summed E-state index contributed by atoms with van der Waals surface area (Å²) in [7, 11) is 0. The molecule has 0 radical (unpaired) electrons. The van der Waals surface area contributed by atoms with Crippen molar-refractivity contribution >= 4 is 18.3 Å². The monoisotopic (exact) mass is 335 g/mol. The minimum atomic E-state index is -0.0558. The van der Waals surface area contributed by atoms with Gasteiger partial charge in [-0.25, -0.2) is 4.68 Å². The number of hydrogen-bond acceptors (Lipinski definition) is 4. The highest BCUT2D eigenvalue weighted by Crippen LogP contribution is 2.14. The largest absolute Gasteiger partial charge is 0.332 e. The predicted octanol–water partition coefficient (Wildman–Crippen LogP) is 1.82. The van der Waals surface area contributed by atoms with E-state index in [1.807, 2.05) is 36.1 Å². The average Bonchev–Trinajstić information content (AvgIpc) is 2.99. The van der Waals surface area contributed by atoms with E-state index in [1.165, 1.54) is 0 Å². The molecule has 7 heteroatoms. The summed E-state index contributed by atoms with van der Waals surface area (Å²) in [5.41, 5.74) is 2.45. The van der Waals surface area contributed by atoms with Crippen LogP contribution in [0.1, 0.15) is 29.9 Å². The molecule has 0 saturated carbocycles. The van der Waals surface area contributed by atoms with E-state index in [9.17, 15) is 4.79 Å². The summed E-state index contributed by atoms with van der Waals surface area (Å²) in [5.74, 6) is -0.0558. The van der Waals surface area contributed by atoms with E-state index in [2.05, 4.69) is 29.5 Å². The average molecular weight is 336 g/mol. The Balaban J connectivity index is 0.00000192. The van der Waals surface area contributed by atoms with Crippen molar-refractivity contribution in [2.24, 2.45) is 0 Å². The Bertz CT molecular complexity index is 687. The first-order chi connectivity index (χ1) is 10.6. The Morgan fingerprint density at radius 1 is 1.35 bits per heavy atom. The maximum atomic E-state index is 12.6. The van der Waals surface area contributed by atoms with Crippen LogP contribution in [0.5, 0.6) is 0 Å². The first kappa shape index (κ1) is 17.4. The van der Waals surface area contributed by atoms with E-state index in [0.29, 0.717) is 12.2 Å². The molecule has 1 aliphatic rings. The second-order valence-corrected chi connectivity index (χ2v) is 5.87. The molecule has 1 fully saturated rings. The zero-order chi connectivity index (χ0) is 15.7. The molecular formula is C16H22ClN5O. The number of aromatic nitrogens is 3. The molecule has 0 spiro atoms. The summed E-state index contributed by atoms with van der Waals surface area (Å²) in [6, 6.07) is 8.38. The molecule has 3 rings (SSSR count). The number of nitrogens with one attached hydrogen (secondary N) is 1. The highest BCUT2D eigenvalue weighted by Gasteiger charge is 2.30. The van der Waals surface area contributed by atoms with E-state index in [4.69, 9.17) is 0 Å². The predicted molar refractivity (Wildman–Crippen MR) is 91.3 cm³/mol. The Morgan fingerprint density at radius 3 is 2.87 bits per heavy atom. The van der Waals surface area contributed by atoms with Crippen LogP contribution in [0.4, 0.5) is 0 Å². The zero-order valence-corrected chi connectivity index (χ0v) is 14.4. The number of rotatable bonds is 2. The second kappa shape index (κ2) is 7.10. The van der Waals surface area contributed by atoms with Crippen molar-refractivity contribution in [1.82, 2.24) is 25.2 Å². The van der Waals surface area contributed by atoms with Crippen LogP contribution >= 0.6 is 12.4 Å². The number of aryl methyl sites for hydroxylation is 1. The van der Waals surface area contributed by atoms with Gasteiger partial charge in [0.15, 0.2) is 5.69 Å². The number of nitrogens with zero attached hydrogens (tertiary/aromatic N) is 4. The van der Waals surface area contributed by atoms with E-state index in [-0.39, 0.29) is 30.4 Å². The van der Waals surface area contributed by atoms with E-state index < -0.39 is 0 Å². The van der Waals surface area contributed by atoms with Crippen molar-refractivity contribution in [3.63, 3.8) is 0 Å². The van der Waals surface area contributed by atoms with Crippen LogP contribution in [0.3, 0.4) is 0 Å². The normalized spacial score (nSPS) is 20.9. The van der Waals surface area contributed by atoms with Crippen LogP contribution in [0.15, 0.2) is 30.5 Å². The highest BCUT2D eigenvalue weighted by atomic mass is 35.5.